The molecule has 5 rings (SSSR count). The van der Waals surface area contributed by atoms with Crippen LogP contribution in [0.4, 0.5) is 4.39 Å². The SMILES string of the molecule is COc1ccccc1-c1noc(C2CCCN2C(=O)c2cc(F)ccc2-c2ccn[nH]2)n1. The van der Waals surface area contributed by atoms with Gasteiger partial charge in [-0.3, -0.25) is 9.89 Å². The predicted octanol–water partition coefficient (Wildman–Crippen LogP) is 4.25. The summed E-state index contributed by atoms with van der Waals surface area (Å²) in [6.45, 7) is 0.509. The van der Waals surface area contributed by atoms with Crippen LogP contribution in [0.3, 0.4) is 0 Å². The van der Waals surface area contributed by atoms with Gasteiger partial charge < -0.3 is 14.2 Å². The summed E-state index contributed by atoms with van der Waals surface area (Å²) in [5, 5.41) is 10.9. The van der Waals surface area contributed by atoms with E-state index in [4.69, 9.17) is 9.26 Å². The number of rotatable bonds is 5. The van der Waals surface area contributed by atoms with Crippen LogP contribution < -0.4 is 4.74 Å². The molecule has 4 aromatic rings. The fourth-order valence-electron chi connectivity index (χ4n) is 4.06. The van der Waals surface area contributed by atoms with E-state index in [2.05, 4.69) is 20.3 Å². The van der Waals surface area contributed by atoms with Crippen molar-refractivity contribution in [3.8, 4) is 28.4 Å². The van der Waals surface area contributed by atoms with E-state index in [9.17, 15) is 9.18 Å². The molecule has 8 nitrogen and oxygen atoms in total. The van der Waals surface area contributed by atoms with E-state index in [0.29, 0.717) is 47.3 Å². The quantitative estimate of drug-likeness (QED) is 0.505. The Labute approximate surface area is 183 Å². The van der Waals surface area contributed by atoms with Crippen molar-refractivity contribution in [2.24, 2.45) is 0 Å². The number of amides is 1. The minimum atomic E-state index is -0.483. The van der Waals surface area contributed by atoms with Crippen LogP contribution in [-0.4, -0.2) is 44.8 Å². The number of nitrogens with zero attached hydrogens (tertiary/aromatic N) is 4. The van der Waals surface area contributed by atoms with E-state index in [1.165, 1.54) is 12.1 Å². The number of carbonyl (C=O) groups excluding carboxylic acids is 1. The fourth-order valence-corrected chi connectivity index (χ4v) is 4.06. The van der Waals surface area contributed by atoms with E-state index in [-0.39, 0.29) is 11.5 Å². The molecular weight excluding hydrogens is 413 g/mol. The molecule has 1 aliphatic rings. The van der Waals surface area contributed by atoms with E-state index in [1.807, 2.05) is 24.3 Å². The molecule has 1 unspecified atom stereocenters. The molecule has 0 aliphatic carbocycles. The molecule has 1 fully saturated rings. The van der Waals surface area contributed by atoms with Crippen LogP contribution in [0.2, 0.25) is 0 Å². The zero-order chi connectivity index (χ0) is 22.1. The van der Waals surface area contributed by atoms with Crippen LogP contribution in [0.25, 0.3) is 22.6 Å². The molecule has 1 amide bonds. The van der Waals surface area contributed by atoms with Crippen molar-refractivity contribution >= 4 is 5.91 Å². The minimum Gasteiger partial charge on any atom is -0.496 e. The van der Waals surface area contributed by atoms with Gasteiger partial charge in [0.25, 0.3) is 5.91 Å². The van der Waals surface area contributed by atoms with E-state index >= 15 is 0 Å². The maximum atomic E-state index is 14.1. The molecule has 1 aliphatic heterocycles. The van der Waals surface area contributed by atoms with Gasteiger partial charge in [-0.25, -0.2) is 4.39 Å². The molecule has 1 atom stereocenters. The Morgan fingerprint density at radius 1 is 1.22 bits per heavy atom. The van der Waals surface area contributed by atoms with Gasteiger partial charge in [-0.2, -0.15) is 10.1 Å². The highest BCUT2D eigenvalue weighted by Gasteiger charge is 2.36. The number of para-hydroxylation sites is 1. The molecule has 162 valence electrons. The molecule has 3 heterocycles. The predicted molar refractivity (Wildman–Crippen MR) is 113 cm³/mol. The van der Waals surface area contributed by atoms with Gasteiger partial charge in [-0.15, -0.1) is 0 Å². The topological polar surface area (TPSA) is 97.1 Å². The summed E-state index contributed by atoms with van der Waals surface area (Å²) >= 11 is 0. The largest absolute Gasteiger partial charge is 0.496 e. The Morgan fingerprint density at radius 2 is 2.09 bits per heavy atom. The van der Waals surface area contributed by atoms with E-state index in [1.54, 1.807) is 30.3 Å². The second-order valence-corrected chi connectivity index (χ2v) is 7.47. The number of methoxy groups -OCH3 is 1. The first-order valence-corrected chi connectivity index (χ1v) is 10.2. The summed E-state index contributed by atoms with van der Waals surface area (Å²) in [5.41, 5.74) is 2.18. The zero-order valence-corrected chi connectivity index (χ0v) is 17.3. The summed E-state index contributed by atoms with van der Waals surface area (Å²) < 4.78 is 25.0. The summed E-state index contributed by atoms with van der Waals surface area (Å²) in [5.74, 6) is 0.581. The van der Waals surface area contributed by atoms with Crippen molar-refractivity contribution in [2.75, 3.05) is 13.7 Å². The van der Waals surface area contributed by atoms with Gasteiger partial charge in [0.2, 0.25) is 11.7 Å². The summed E-state index contributed by atoms with van der Waals surface area (Å²) in [6, 6.07) is 12.9. The third-order valence-electron chi connectivity index (χ3n) is 5.59. The zero-order valence-electron chi connectivity index (χ0n) is 17.3. The Morgan fingerprint density at radius 3 is 2.91 bits per heavy atom. The first kappa shape index (κ1) is 19.9. The summed E-state index contributed by atoms with van der Waals surface area (Å²) in [4.78, 5) is 19.7. The van der Waals surface area contributed by atoms with Crippen LogP contribution >= 0.6 is 0 Å². The number of hydrogen-bond donors (Lipinski definition) is 1. The minimum absolute atomic E-state index is 0.255. The molecular formula is C23H20FN5O3. The second-order valence-electron chi connectivity index (χ2n) is 7.47. The third-order valence-corrected chi connectivity index (χ3v) is 5.59. The molecule has 32 heavy (non-hydrogen) atoms. The van der Waals surface area contributed by atoms with Crippen LogP contribution in [0.1, 0.15) is 35.1 Å². The van der Waals surface area contributed by atoms with Crippen molar-refractivity contribution in [1.29, 1.82) is 0 Å². The standard InChI is InChI=1S/C23H20FN5O3/c1-31-20-7-3-2-5-16(20)21-26-22(32-28-21)19-6-4-12-29(19)23(30)17-13-14(24)8-9-15(17)18-10-11-25-27-18/h2-3,5,7-11,13,19H,4,6,12H2,1H3,(H,25,27). The first-order valence-electron chi connectivity index (χ1n) is 10.2. The van der Waals surface area contributed by atoms with Crippen LogP contribution in [0.5, 0.6) is 5.75 Å². The van der Waals surface area contributed by atoms with Gasteiger partial charge in [0.05, 0.1) is 23.9 Å². The number of aromatic amines is 1. The molecule has 0 radical (unpaired) electrons. The molecule has 1 saturated heterocycles. The number of likely N-dealkylation sites (tertiary alicyclic amines) is 1. The number of ether oxygens (including phenoxy) is 1. The molecule has 0 bridgehead atoms. The lowest BCUT2D eigenvalue weighted by Gasteiger charge is -2.23. The average Bonchev–Trinajstić information content (AvgIpc) is 3.59. The molecule has 2 aromatic heterocycles. The lowest BCUT2D eigenvalue weighted by Crippen LogP contribution is -2.31. The van der Waals surface area contributed by atoms with Gasteiger partial charge in [0.15, 0.2) is 0 Å². The monoisotopic (exact) mass is 433 g/mol. The highest BCUT2D eigenvalue weighted by Crippen LogP contribution is 2.36. The van der Waals surface area contributed by atoms with Crippen molar-refractivity contribution in [2.45, 2.75) is 18.9 Å². The normalized spacial score (nSPS) is 15.8. The maximum absolute atomic E-state index is 14.1. The lowest BCUT2D eigenvalue weighted by molar-refractivity contribution is 0.0710. The van der Waals surface area contributed by atoms with E-state index < -0.39 is 11.9 Å². The summed E-state index contributed by atoms with van der Waals surface area (Å²) in [6.07, 6.45) is 3.04. The Hall–Kier alpha value is -4.01. The smallest absolute Gasteiger partial charge is 0.255 e. The van der Waals surface area contributed by atoms with Crippen LogP contribution in [-0.2, 0) is 0 Å². The number of benzene rings is 2. The van der Waals surface area contributed by atoms with E-state index in [0.717, 1.165) is 6.42 Å². The number of hydrogen-bond acceptors (Lipinski definition) is 6. The molecule has 9 heteroatoms. The molecule has 2 aromatic carbocycles. The van der Waals surface area contributed by atoms with Crippen molar-refractivity contribution < 1.29 is 18.4 Å². The third kappa shape index (κ3) is 3.51. The van der Waals surface area contributed by atoms with Gasteiger partial charge in [-0.05, 0) is 49.2 Å². The van der Waals surface area contributed by atoms with Gasteiger partial charge >= 0.3 is 0 Å². The summed E-state index contributed by atoms with van der Waals surface area (Å²) in [7, 11) is 1.58. The van der Waals surface area contributed by atoms with Gasteiger partial charge in [0, 0.05) is 18.3 Å². The lowest BCUT2D eigenvalue weighted by atomic mass is 10.0. The average molecular weight is 433 g/mol. The van der Waals surface area contributed by atoms with Crippen molar-refractivity contribution in [3.05, 3.63) is 72.0 Å². The molecule has 0 saturated carbocycles. The number of aromatic nitrogens is 4. The fraction of sp³-hybridized carbons (Fsp3) is 0.217. The van der Waals surface area contributed by atoms with Gasteiger partial charge in [0.1, 0.15) is 17.6 Å². The van der Waals surface area contributed by atoms with Gasteiger partial charge in [-0.1, -0.05) is 17.3 Å². The van der Waals surface area contributed by atoms with Crippen molar-refractivity contribution in [1.82, 2.24) is 25.2 Å². The molecule has 1 N–H and O–H groups in total. The Bertz CT molecular complexity index is 1250. The second kappa shape index (κ2) is 8.26. The Balaban J connectivity index is 1.47. The molecule has 0 spiro atoms. The highest BCUT2D eigenvalue weighted by atomic mass is 19.1. The van der Waals surface area contributed by atoms with Crippen LogP contribution in [0.15, 0.2) is 59.3 Å². The van der Waals surface area contributed by atoms with Crippen LogP contribution in [0, 0.1) is 5.82 Å². The number of nitrogens with one attached hydrogen (secondary N) is 1. The highest BCUT2D eigenvalue weighted by molar-refractivity contribution is 6.00. The first-order chi connectivity index (χ1) is 15.7. The number of H-pyrrole nitrogens is 1. The number of halogens is 1. The number of carbonyl (C=O) groups is 1. The van der Waals surface area contributed by atoms with Crippen molar-refractivity contribution in [3.63, 3.8) is 0 Å². The maximum Gasteiger partial charge on any atom is 0.255 e. The Kier molecular flexibility index (Phi) is 5.14.